The van der Waals surface area contributed by atoms with Gasteiger partial charge >= 0.3 is 6.09 Å². The summed E-state index contributed by atoms with van der Waals surface area (Å²) in [6, 6.07) is 4.71. The molecular weight excluding hydrogens is 366 g/mol. The topological polar surface area (TPSA) is 75.9 Å². The van der Waals surface area contributed by atoms with Gasteiger partial charge in [-0.3, -0.25) is 10.1 Å². The van der Waals surface area contributed by atoms with Crippen molar-refractivity contribution in [3.63, 3.8) is 0 Å². The third-order valence-electron chi connectivity index (χ3n) is 3.41. The molecule has 1 aromatic carbocycles. The molecule has 2 rings (SSSR count). The van der Waals surface area contributed by atoms with Gasteiger partial charge in [0.1, 0.15) is 5.60 Å². The molecular formula is C15H20BrN3O4. The number of rotatable bonds is 2. The summed E-state index contributed by atoms with van der Waals surface area (Å²) in [4.78, 5) is 26.2. The van der Waals surface area contributed by atoms with Crippen LogP contribution in [0.25, 0.3) is 0 Å². The number of piperazine rings is 1. The highest BCUT2D eigenvalue weighted by Crippen LogP contribution is 2.30. The number of nitro benzene ring substituents is 1. The van der Waals surface area contributed by atoms with Gasteiger partial charge in [0.15, 0.2) is 0 Å². The Kier molecular flexibility index (Phi) is 5.13. The average Bonchev–Trinajstić information content (AvgIpc) is 2.45. The number of hydrogen-bond acceptors (Lipinski definition) is 5. The Labute approximate surface area is 143 Å². The molecule has 7 nitrogen and oxygen atoms in total. The second-order valence-electron chi connectivity index (χ2n) is 6.35. The Balaban J connectivity index is 1.99. The van der Waals surface area contributed by atoms with E-state index in [-0.39, 0.29) is 11.8 Å². The molecule has 1 amide bonds. The van der Waals surface area contributed by atoms with Crippen LogP contribution in [0.4, 0.5) is 16.2 Å². The van der Waals surface area contributed by atoms with Gasteiger partial charge in [0.2, 0.25) is 0 Å². The molecule has 0 spiro atoms. The van der Waals surface area contributed by atoms with Crippen LogP contribution in [0, 0.1) is 10.1 Å². The van der Waals surface area contributed by atoms with Crippen LogP contribution in [0.5, 0.6) is 0 Å². The number of nitrogens with zero attached hydrogens (tertiary/aromatic N) is 3. The maximum Gasteiger partial charge on any atom is 0.410 e. The number of nitro groups is 1. The first-order valence-corrected chi connectivity index (χ1v) is 8.13. The van der Waals surface area contributed by atoms with E-state index in [1.54, 1.807) is 11.0 Å². The van der Waals surface area contributed by atoms with E-state index in [9.17, 15) is 14.9 Å². The Morgan fingerprint density at radius 2 is 1.87 bits per heavy atom. The fourth-order valence-electron chi connectivity index (χ4n) is 2.32. The van der Waals surface area contributed by atoms with E-state index < -0.39 is 10.5 Å². The molecule has 0 aromatic heterocycles. The van der Waals surface area contributed by atoms with Gasteiger partial charge in [-0.05, 0) is 42.8 Å². The standard InChI is InChI=1S/C15H20BrN3O4/c1-15(2,3)23-14(20)18-8-6-17(7-9-18)13-5-4-11(19(21)22)10-12(13)16/h4-5,10H,6-9H2,1-3H3. The largest absolute Gasteiger partial charge is 0.444 e. The van der Waals surface area contributed by atoms with E-state index in [1.165, 1.54) is 12.1 Å². The maximum absolute atomic E-state index is 12.0. The van der Waals surface area contributed by atoms with Crippen molar-refractivity contribution in [3.05, 3.63) is 32.8 Å². The van der Waals surface area contributed by atoms with Gasteiger partial charge in [0.25, 0.3) is 5.69 Å². The molecule has 0 saturated carbocycles. The van der Waals surface area contributed by atoms with E-state index >= 15 is 0 Å². The van der Waals surface area contributed by atoms with Crippen molar-refractivity contribution in [2.24, 2.45) is 0 Å². The average molecular weight is 386 g/mol. The lowest BCUT2D eigenvalue weighted by atomic mass is 10.2. The van der Waals surface area contributed by atoms with Crippen molar-refractivity contribution in [1.29, 1.82) is 0 Å². The number of halogens is 1. The minimum Gasteiger partial charge on any atom is -0.444 e. The molecule has 23 heavy (non-hydrogen) atoms. The number of ether oxygens (including phenoxy) is 1. The predicted molar refractivity (Wildman–Crippen MR) is 90.8 cm³/mol. The van der Waals surface area contributed by atoms with Gasteiger partial charge < -0.3 is 14.5 Å². The van der Waals surface area contributed by atoms with Crippen molar-refractivity contribution in [1.82, 2.24) is 4.90 Å². The number of anilines is 1. The first kappa shape index (κ1) is 17.5. The van der Waals surface area contributed by atoms with E-state index in [0.29, 0.717) is 30.7 Å². The SMILES string of the molecule is CC(C)(C)OC(=O)N1CCN(c2ccc([N+](=O)[O-])cc2Br)CC1. The Morgan fingerprint density at radius 1 is 1.26 bits per heavy atom. The summed E-state index contributed by atoms with van der Waals surface area (Å²) < 4.78 is 6.05. The predicted octanol–water partition coefficient (Wildman–Crippen LogP) is 3.41. The smallest absolute Gasteiger partial charge is 0.410 e. The zero-order valence-corrected chi connectivity index (χ0v) is 15.0. The summed E-state index contributed by atoms with van der Waals surface area (Å²) in [5.74, 6) is 0. The third-order valence-corrected chi connectivity index (χ3v) is 4.05. The first-order chi connectivity index (χ1) is 10.7. The van der Waals surface area contributed by atoms with Crippen molar-refractivity contribution < 1.29 is 14.5 Å². The zero-order chi connectivity index (χ0) is 17.2. The number of benzene rings is 1. The lowest BCUT2D eigenvalue weighted by molar-refractivity contribution is -0.384. The number of carbonyl (C=O) groups is 1. The molecule has 0 unspecified atom stereocenters. The van der Waals surface area contributed by atoms with Gasteiger partial charge in [-0.2, -0.15) is 0 Å². The van der Waals surface area contributed by atoms with E-state index in [2.05, 4.69) is 20.8 Å². The second kappa shape index (κ2) is 6.74. The van der Waals surface area contributed by atoms with Gasteiger partial charge in [0.05, 0.1) is 10.6 Å². The minimum atomic E-state index is -0.504. The molecule has 1 aromatic rings. The number of amides is 1. The van der Waals surface area contributed by atoms with E-state index in [0.717, 1.165) is 5.69 Å². The van der Waals surface area contributed by atoms with Crippen LogP contribution in [0.1, 0.15) is 20.8 Å². The Morgan fingerprint density at radius 3 is 2.35 bits per heavy atom. The molecule has 0 radical (unpaired) electrons. The molecule has 0 aliphatic carbocycles. The fourth-order valence-corrected chi connectivity index (χ4v) is 2.94. The Hall–Kier alpha value is -1.83. The van der Waals surface area contributed by atoms with Crippen molar-refractivity contribution in [2.75, 3.05) is 31.1 Å². The highest BCUT2D eigenvalue weighted by Gasteiger charge is 2.26. The molecule has 0 atom stereocenters. The monoisotopic (exact) mass is 385 g/mol. The fraction of sp³-hybridized carbons (Fsp3) is 0.533. The van der Waals surface area contributed by atoms with Crippen LogP contribution in [0.2, 0.25) is 0 Å². The van der Waals surface area contributed by atoms with E-state index in [1.807, 2.05) is 20.8 Å². The molecule has 8 heteroatoms. The molecule has 1 saturated heterocycles. The summed E-state index contributed by atoms with van der Waals surface area (Å²) in [5.41, 5.74) is 0.433. The summed E-state index contributed by atoms with van der Waals surface area (Å²) in [7, 11) is 0. The Bertz CT molecular complexity index is 607. The zero-order valence-electron chi connectivity index (χ0n) is 13.4. The second-order valence-corrected chi connectivity index (χ2v) is 7.20. The van der Waals surface area contributed by atoms with Gasteiger partial charge in [-0.15, -0.1) is 0 Å². The van der Waals surface area contributed by atoms with Crippen molar-refractivity contribution in [3.8, 4) is 0 Å². The van der Waals surface area contributed by atoms with Crippen LogP contribution in [0.15, 0.2) is 22.7 Å². The van der Waals surface area contributed by atoms with Crippen molar-refractivity contribution in [2.45, 2.75) is 26.4 Å². The van der Waals surface area contributed by atoms with Crippen LogP contribution in [-0.4, -0.2) is 47.7 Å². The van der Waals surface area contributed by atoms with Gasteiger partial charge in [0, 0.05) is 42.8 Å². The summed E-state index contributed by atoms with van der Waals surface area (Å²) in [6.07, 6.45) is -0.306. The normalized spacial score (nSPS) is 15.5. The van der Waals surface area contributed by atoms with Gasteiger partial charge in [-0.25, -0.2) is 4.79 Å². The highest BCUT2D eigenvalue weighted by molar-refractivity contribution is 9.10. The molecule has 0 N–H and O–H groups in total. The van der Waals surface area contributed by atoms with Crippen LogP contribution < -0.4 is 4.90 Å². The molecule has 1 aliphatic heterocycles. The highest BCUT2D eigenvalue weighted by atomic mass is 79.9. The first-order valence-electron chi connectivity index (χ1n) is 7.34. The molecule has 126 valence electrons. The molecule has 1 aliphatic rings. The van der Waals surface area contributed by atoms with Crippen molar-refractivity contribution >= 4 is 33.4 Å². The lowest BCUT2D eigenvalue weighted by Gasteiger charge is -2.37. The summed E-state index contributed by atoms with van der Waals surface area (Å²) in [5, 5.41) is 10.8. The molecule has 1 fully saturated rings. The van der Waals surface area contributed by atoms with Crippen LogP contribution >= 0.6 is 15.9 Å². The van der Waals surface area contributed by atoms with Crippen LogP contribution in [0.3, 0.4) is 0 Å². The number of carbonyl (C=O) groups excluding carboxylic acids is 1. The number of hydrogen-bond donors (Lipinski definition) is 0. The molecule has 1 heterocycles. The van der Waals surface area contributed by atoms with Gasteiger partial charge in [-0.1, -0.05) is 0 Å². The third kappa shape index (κ3) is 4.57. The van der Waals surface area contributed by atoms with Crippen LogP contribution in [-0.2, 0) is 4.74 Å². The number of non-ortho nitro benzene ring substituents is 1. The lowest BCUT2D eigenvalue weighted by Crippen LogP contribution is -2.50. The van der Waals surface area contributed by atoms with E-state index in [4.69, 9.17) is 4.74 Å². The quantitative estimate of drug-likeness (QED) is 0.575. The summed E-state index contributed by atoms with van der Waals surface area (Å²) in [6.45, 7) is 7.93. The maximum atomic E-state index is 12.0. The molecule has 0 bridgehead atoms. The minimum absolute atomic E-state index is 0.0491. The summed E-state index contributed by atoms with van der Waals surface area (Å²) >= 11 is 3.38.